The third-order valence-electron chi connectivity index (χ3n) is 2.83. The van der Waals surface area contributed by atoms with E-state index in [0.717, 1.165) is 59.1 Å². The first kappa shape index (κ1) is 22.1. The van der Waals surface area contributed by atoms with Gasteiger partial charge in [0.25, 0.3) is 0 Å². The number of methoxy groups -OCH3 is 1. The molecule has 1 fully saturated rings. The molecule has 4 nitrogen and oxygen atoms in total. The van der Waals surface area contributed by atoms with Gasteiger partial charge in [0.15, 0.2) is 0 Å². The van der Waals surface area contributed by atoms with E-state index in [9.17, 15) is 0 Å². The van der Waals surface area contributed by atoms with Crippen LogP contribution in [-0.4, -0.2) is 76.0 Å². The van der Waals surface area contributed by atoms with Crippen LogP contribution in [0.4, 0.5) is 0 Å². The van der Waals surface area contributed by atoms with Crippen LogP contribution in [0.2, 0.25) is 0 Å². The van der Waals surface area contributed by atoms with E-state index in [0.29, 0.717) is 0 Å². The molecule has 1 heterocycles. The van der Waals surface area contributed by atoms with Gasteiger partial charge in [-0.2, -0.15) is 0 Å². The number of nitrogens with zero attached hydrogens (tertiary/aromatic N) is 2. The summed E-state index contributed by atoms with van der Waals surface area (Å²) in [6, 6.07) is 0. The fourth-order valence-electron chi connectivity index (χ4n) is 1.79. The summed E-state index contributed by atoms with van der Waals surface area (Å²) in [6.45, 7) is 19.6. The first-order valence-electron chi connectivity index (χ1n) is 8.29. The van der Waals surface area contributed by atoms with Crippen LogP contribution in [0.1, 0.15) is 41.0 Å². The fraction of sp³-hybridized carbons (Fsp3) is 1.00. The molecule has 20 heavy (non-hydrogen) atoms. The predicted octanol–water partition coefficient (Wildman–Crippen LogP) is 2.73. The molecule has 1 saturated heterocycles. The Hall–Kier alpha value is -0.160. The average molecular weight is 290 g/mol. The zero-order valence-corrected chi connectivity index (χ0v) is 14.8. The van der Waals surface area contributed by atoms with Gasteiger partial charge in [0, 0.05) is 53.0 Å². The number of rotatable bonds is 7. The Kier molecular flexibility index (Phi) is 20.8. The molecular weight excluding hydrogens is 252 g/mol. The van der Waals surface area contributed by atoms with Gasteiger partial charge in [0.2, 0.25) is 0 Å². The summed E-state index contributed by atoms with van der Waals surface area (Å²) >= 11 is 0. The van der Waals surface area contributed by atoms with E-state index < -0.39 is 0 Å². The van der Waals surface area contributed by atoms with Gasteiger partial charge in [0.1, 0.15) is 0 Å². The molecule has 0 aromatic carbocycles. The largest absolute Gasteiger partial charge is 0.383 e. The Balaban J connectivity index is 0. The van der Waals surface area contributed by atoms with Gasteiger partial charge in [-0.25, -0.2) is 0 Å². The summed E-state index contributed by atoms with van der Waals surface area (Å²) < 4.78 is 10.4. The smallest absolute Gasteiger partial charge is 0.0593 e. The van der Waals surface area contributed by atoms with E-state index in [2.05, 4.69) is 23.6 Å². The Bertz CT molecular complexity index is 161. The van der Waals surface area contributed by atoms with E-state index in [1.54, 1.807) is 7.11 Å². The lowest BCUT2D eigenvalue weighted by molar-refractivity contribution is 0.0689. The van der Waals surface area contributed by atoms with Crippen molar-refractivity contribution in [2.75, 3.05) is 66.2 Å². The van der Waals surface area contributed by atoms with Crippen LogP contribution in [0.5, 0.6) is 0 Å². The summed E-state index contributed by atoms with van der Waals surface area (Å²) in [5, 5.41) is 0. The molecule has 124 valence electrons. The molecule has 0 atom stereocenters. The lowest BCUT2D eigenvalue weighted by Gasteiger charge is -2.34. The number of hydrogen-bond acceptors (Lipinski definition) is 4. The molecule has 0 aliphatic carbocycles. The van der Waals surface area contributed by atoms with Crippen LogP contribution >= 0.6 is 0 Å². The number of ether oxygens (including phenoxy) is 2. The minimum Gasteiger partial charge on any atom is -0.383 e. The highest BCUT2D eigenvalue weighted by atomic mass is 16.5. The van der Waals surface area contributed by atoms with Crippen molar-refractivity contribution in [3.63, 3.8) is 0 Å². The van der Waals surface area contributed by atoms with Gasteiger partial charge in [-0.1, -0.05) is 34.1 Å². The Morgan fingerprint density at radius 1 is 0.800 bits per heavy atom. The third-order valence-corrected chi connectivity index (χ3v) is 2.83. The molecule has 0 radical (unpaired) electrons. The molecule has 0 bridgehead atoms. The predicted molar refractivity (Wildman–Crippen MR) is 88.6 cm³/mol. The molecule has 0 unspecified atom stereocenters. The lowest BCUT2D eigenvalue weighted by Crippen LogP contribution is -2.48. The zero-order chi connectivity index (χ0) is 15.6. The van der Waals surface area contributed by atoms with Crippen molar-refractivity contribution in [2.24, 2.45) is 0 Å². The molecular formula is C16H38N2O2. The van der Waals surface area contributed by atoms with Crippen molar-refractivity contribution in [1.82, 2.24) is 9.80 Å². The Morgan fingerprint density at radius 2 is 1.20 bits per heavy atom. The fourth-order valence-corrected chi connectivity index (χ4v) is 1.79. The van der Waals surface area contributed by atoms with Crippen molar-refractivity contribution < 1.29 is 9.47 Å². The van der Waals surface area contributed by atoms with Gasteiger partial charge in [-0.15, -0.1) is 0 Å². The molecule has 4 heteroatoms. The van der Waals surface area contributed by atoms with Gasteiger partial charge < -0.3 is 9.47 Å². The summed E-state index contributed by atoms with van der Waals surface area (Å²) in [4.78, 5) is 4.93. The van der Waals surface area contributed by atoms with E-state index >= 15 is 0 Å². The van der Waals surface area contributed by atoms with Crippen LogP contribution in [-0.2, 0) is 9.47 Å². The standard InChI is InChI=1S/C11H24N2O2.C3H8.C2H6/c1-3-15-11-9-13-6-4-12(5-7-13)8-10-14-2;1-3-2;1-2/h3-11H2,1-2H3;3H2,1-2H3;1-2H3. The van der Waals surface area contributed by atoms with Crippen LogP contribution in [0, 0.1) is 0 Å². The van der Waals surface area contributed by atoms with E-state index in [4.69, 9.17) is 9.47 Å². The highest BCUT2D eigenvalue weighted by Gasteiger charge is 2.15. The summed E-state index contributed by atoms with van der Waals surface area (Å²) in [7, 11) is 1.76. The minimum atomic E-state index is 0.827. The van der Waals surface area contributed by atoms with Gasteiger partial charge in [0.05, 0.1) is 13.2 Å². The molecule has 0 N–H and O–H groups in total. The molecule has 0 aromatic heterocycles. The van der Waals surface area contributed by atoms with Crippen molar-refractivity contribution >= 4 is 0 Å². The van der Waals surface area contributed by atoms with Gasteiger partial charge in [-0.3, -0.25) is 9.80 Å². The summed E-state index contributed by atoms with van der Waals surface area (Å²) in [5.74, 6) is 0. The molecule has 0 aromatic rings. The maximum Gasteiger partial charge on any atom is 0.0593 e. The maximum atomic E-state index is 5.35. The second kappa shape index (κ2) is 18.8. The first-order valence-corrected chi connectivity index (χ1v) is 8.29. The normalized spacial score (nSPS) is 15.9. The summed E-state index contributed by atoms with van der Waals surface area (Å²) in [6.07, 6.45) is 1.25. The molecule has 1 rings (SSSR count). The first-order chi connectivity index (χ1) is 9.78. The molecule has 1 aliphatic rings. The molecule has 0 spiro atoms. The highest BCUT2D eigenvalue weighted by Crippen LogP contribution is 2.00. The molecule has 0 amide bonds. The topological polar surface area (TPSA) is 24.9 Å². The summed E-state index contributed by atoms with van der Waals surface area (Å²) in [5.41, 5.74) is 0. The monoisotopic (exact) mass is 290 g/mol. The van der Waals surface area contributed by atoms with E-state index in [1.807, 2.05) is 20.8 Å². The van der Waals surface area contributed by atoms with Crippen LogP contribution in [0.15, 0.2) is 0 Å². The van der Waals surface area contributed by atoms with Crippen molar-refractivity contribution in [2.45, 2.75) is 41.0 Å². The van der Waals surface area contributed by atoms with Crippen LogP contribution < -0.4 is 0 Å². The Morgan fingerprint density at radius 3 is 1.55 bits per heavy atom. The Labute approximate surface area is 127 Å². The molecule has 0 saturated carbocycles. The van der Waals surface area contributed by atoms with Crippen LogP contribution in [0.3, 0.4) is 0 Å². The molecule has 1 aliphatic heterocycles. The third kappa shape index (κ3) is 14.3. The second-order valence-corrected chi connectivity index (χ2v) is 4.58. The average Bonchev–Trinajstić information content (AvgIpc) is 2.50. The van der Waals surface area contributed by atoms with E-state index in [-0.39, 0.29) is 0 Å². The second-order valence-electron chi connectivity index (χ2n) is 4.58. The highest BCUT2D eigenvalue weighted by molar-refractivity contribution is 4.71. The van der Waals surface area contributed by atoms with E-state index in [1.165, 1.54) is 6.42 Å². The number of hydrogen-bond donors (Lipinski definition) is 0. The van der Waals surface area contributed by atoms with Gasteiger partial charge in [-0.05, 0) is 6.92 Å². The maximum absolute atomic E-state index is 5.35. The van der Waals surface area contributed by atoms with Crippen LogP contribution in [0.25, 0.3) is 0 Å². The minimum absolute atomic E-state index is 0.827. The lowest BCUT2D eigenvalue weighted by atomic mass is 10.3. The number of piperazine rings is 1. The SMILES string of the molecule is CC.CCC.CCOCCN1CCN(CCOC)CC1. The zero-order valence-electron chi connectivity index (χ0n) is 14.8. The van der Waals surface area contributed by atoms with Crippen molar-refractivity contribution in [3.05, 3.63) is 0 Å². The quantitative estimate of drug-likeness (QED) is 0.673. The van der Waals surface area contributed by atoms with Gasteiger partial charge >= 0.3 is 0 Å². The van der Waals surface area contributed by atoms with Crippen molar-refractivity contribution in [3.8, 4) is 0 Å². The van der Waals surface area contributed by atoms with Crippen molar-refractivity contribution in [1.29, 1.82) is 0 Å².